The standard InChI is InChI=1S/C21H21N3O4/c1-14-16-5-2-3-6-17(16)20(26)24(14)13-19(25)22-15-8-10-23(11-9-15)21(27)18-7-4-12-28-18/h2-7,12,15H,1,8-11,13H2,(H,22,25). The first-order valence-corrected chi connectivity index (χ1v) is 9.27. The Bertz CT molecular complexity index is 892. The summed E-state index contributed by atoms with van der Waals surface area (Å²) in [6, 6.07) is 10.5. The molecule has 2 aliphatic heterocycles. The van der Waals surface area contributed by atoms with Gasteiger partial charge >= 0.3 is 0 Å². The second-order valence-corrected chi connectivity index (χ2v) is 6.99. The molecule has 0 unspecified atom stereocenters. The molecule has 3 amide bonds. The van der Waals surface area contributed by atoms with E-state index < -0.39 is 0 Å². The van der Waals surface area contributed by atoms with Crippen molar-refractivity contribution in [3.63, 3.8) is 0 Å². The van der Waals surface area contributed by atoms with Crippen LogP contribution in [0.25, 0.3) is 5.70 Å². The molecule has 4 rings (SSSR count). The summed E-state index contributed by atoms with van der Waals surface area (Å²) in [5, 5.41) is 2.97. The number of carbonyl (C=O) groups excluding carboxylic acids is 3. The number of piperidine rings is 1. The first kappa shape index (κ1) is 18.0. The minimum atomic E-state index is -0.224. The Morgan fingerprint density at radius 1 is 1.11 bits per heavy atom. The third kappa shape index (κ3) is 3.31. The van der Waals surface area contributed by atoms with Crippen molar-refractivity contribution in [2.24, 2.45) is 0 Å². The lowest BCUT2D eigenvalue weighted by Gasteiger charge is -2.32. The van der Waals surface area contributed by atoms with Gasteiger partial charge in [-0.05, 0) is 31.0 Å². The molecule has 7 heteroatoms. The second-order valence-electron chi connectivity index (χ2n) is 6.99. The third-order valence-corrected chi connectivity index (χ3v) is 5.22. The van der Waals surface area contributed by atoms with Gasteiger partial charge in [-0.3, -0.25) is 19.3 Å². The monoisotopic (exact) mass is 379 g/mol. The number of hydrogen-bond donors (Lipinski definition) is 1. The van der Waals surface area contributed by atoms with E-state index in [1.807, 2.05) is 12.1 Å². The molecular weight excluding hydrogens is 358 g/mol. The maximum atomic E-state index is 12.5. The van der Waals surface area contributed by atoms with Gasteiger partial charge in [-0.2, -0.15) is 0 Å². The molecule has 2 aromatic rings. The molecule has 1 aromatic heterocycles. The van der Waals surface area contributed by atoms with Crippen LogP contribution in [0.4, 0.5) is 0 Å². The SMILES string of the molecule is C=C1c2ccccc2C(=O)N1CC(=O)NC1CCN(C(=O)c2ccco2)CC1. The largest absolute Gasteiger partial charge is 0.459 e. The lowest BCUT2D eigenvalue weighted by molar-refractivity contribution is -0.122. The quantitative estimate of drug-likeness (QED) is 0.882. The maximum absolute atomic E-state index is 12.5. The molecule has 0 aliphatic carbocycles. The highest BCUT2D eigenvalue weighted by atomic mass is 16.3. The number of nitrogens with one attached hydrogen (secondary N) is 1. The summed E-state index contributed by atoms with van der Waals surface area (Å²) >= 11 is 0. The van der Waals surface area contributed by atoms with Crippen LogP contribution >= 0.6 is 0 Å². The van der Waals surface area contributed by atoms with Crippen molar-refractivity contribution < 1.29 is 18.8 Å². The summed E-state index contributed by atoms with van der Waals surface area (Å²) in [5.41, 5.74) is 1.89. The van der Waals surface area contributed by atoms with E-state index in [9.17, 15) is 14.4 Å². The lowest BCUT2D eigenvalue weighted by Crippen LogP contribution is -2.48. The molecule has 1 aromatic carbocycles. The van der Waals surface area contributed by atoms with Crippen molar-refractivity contribution in [1.29, 1.82) is 0 Å². The predicted octanol–water partition coefficient (Wildman–Crippen LogP) is 2.13. The predicted molar refractivity (Wildman–Crippen MR) is 102 cm³/mol. The van der Waals surface area contributed by atoms with Crippen LogP contribution in [0.3, 0.4) is 0 Å². The minimum Gasteiger partial charge on any atom is -0.459 e. The Hall–Kier alpha value is -3.35. The first-order valence-electron chi connectivity index (χ1n) is 9.27. The fraction of sp³-hybridized carbons (Fsp3) is 0.286. The van der Waals surface area contributed by atoms with Crippen molar-refractivity contribution in [1.82, 2.24) is 15.1 Å². The van der Waals surface area contributed by atoms with E-state index in [4.69, 9.17) is 4.42 Å². The number of carbonyl (C=O) groups is 3. The van der Waals surface area contributed by atoms with Gasteiger partial charge in [-0.15, -0.1) is 0 Å². The zero-order chi connectivity index (χ0) is 19.7. The normalized spacial score (nSPS) is 17.0. The van der Waals surface area contributed by atoms with Crippen molar-refractivity contribution in [2.75, 3.05) is 19.6 Å². The number of nitrogens with zero attached hydrogens (tertiary/aromatic N) is 2. The molecule has 3 heterocycles. The molecule has 0 bridgehead atoms. The van der Waals surface area contributed by atoms with Gasteiger partial charge in [0.1, 0.15) is 6.54 Å². The van der Waals surface area contributed by atoms with Gasteiger partial charge < -0.3 is 14.6 Å². The summed E-state index contributed by atoms with van der Waals surface area (Å²) in [6.45, 7) is 4.99. The first-order chi connectivity index (χ1) is 13.5. The van der Waals surface area contributed by atoms with E-state index in [1.54, 1.807) is 29.2 Å². The van der Waals surface area contributed by atoms with Crippen LogP contribution in [0.1, 0.15) is 39.3 Å². The highest BCUT2D eigenvalue weighted by Crippen LogP contribution is 2.30. The van der Waals surface area contributed by atoms with Crippen LogP contribution in [0.5, 0.6) is 0 Å². The summed E-state index contributed by atoms with van der Waals surface area (Å²) in [5.74, 6) is -0.229. The summed E-state index contributed by atoms with van der Waals surface area (Å²) in [4.78, 5) is 40.4. The van der Waals surface area contributed by atoms with E-state index in [1.165, 1.54) is 11.2 Å². The lowest BCUT2D eigenvalue weighted by atomic mass is 10.0. The van der Waals surface area contributed by atoms with E-state index in [0.29, 0.717) is 43.0 Å². The molecule has 0 atom stereocenters. The number of amides is 3. The zero-order valence-electron chi connectivity index (χ0n) is 15.4. The molecule has 0 saturated carbocycles. The van der Waals surface area contributed by atoms with E-state index >= 15 is 0 Å². The zero-order valence-corrected chi connectivity index (χ0v) is 15.4. The number of furan rings is 1. The van der Waals surface area contributed by atoms with Crippen molar-refractivity contribution >= 4 is 23.4 Å². The Morgan fingerprint density at radius 3 is 2.46 bits per heavy atom. The molecule has 0 spiro atoms. The van der Waals surface area contributed by atoms with Crippen LogP contribution in [0.2, 0.25) is 0 Å². The fourth-order valence-electron chi connectivity index (χ4n) is 3.70. The average molecular weight is 379 g/mol. The molecule has 144 valence electrons. The molecular formula is C21H21N3O4. The highest BCUT2D eigenvalue weighted by molar-refractivity contribution is 6.10. The van der Waals surface area contributed by atoms with Crippen LogP contribution in [-0.4, -0.2) is 53.2 Å². The summed E-state index contributed by atoms with van der Waals surface area (Å²) in [6.07, 6.45) is 2.80. The van der Waals surface area contributed by atoms with E-state index in [0.717, 1.165) is 5.56 Å². The number of rotatable bonds is 4. The third-order valence-electron chi connectivity index (χ3n) is 5.22. The van der Waals surface area contributed by atoms with Gasteiger partial charge in [0.15, 0.2) is 5.76 Å². The summed E-state index contributed by atoms with van der Waals surface area (Å²) in [7, 11) is 0. The second kappa shape index (κ2) is 7.34. The van der Waals surface area contributed by atoms with Gasteiger partial charge in [0, 0.05) is 36.0 Å². The molecule has 1 N–H and O–H groups in total. The molecule has 1 saturated heterocycles. The van der Waals surface area contributed by atoms with Crippen LogP contribution in [0, 0.1) is 0 Å². The molecule has 7 nitrogen and oxygen atoms in total. The Balaban J connectivity index is 1.29. The number of benzene rings is 1. The molecule has 1 fully saturated rings. The minimum absolute atomic E-state index is 0.0264. The van der Waals surface area contributed by atoms with E-state index in [2.05, 4.69) is 11.9 Å². The van der Waals surface area contributed by atoms with Gasteiger partial charge in [-0.1, -0.05) is 24.8 Å². The maximum Gasteiger partial charge on any atom is 0.289 e. The van der Waals surface area contributed by atoms with Crippen molar-refractivity contribution in [3.05, 3.63) is 66.1 Å². The number of hydrogen-bond acceptors (Lipinski definition) is 4. The molecule has 2 aliphatic rings. The summed E-state index contributed by atoms with van der Waals surface area (Å²) < 4.78 is 5.15. The molecule has 0 radical (unpaired) electrons. The van der Waals surface area contributed by atoms with Gasteiger partial charge in [0.2, 0.25) is 5.91 Å². The average Bonchev–Trinajstić information content (AvgIpc) is 3.32. The molecule has 28 heavy (non-hydrogen) atoms. The van der Waals surface area contributed by atoms with Crippen molar-refractivity contribution in [2.45, 2.75) is 18.9 Å². The highest BCUT2D eigenvalue weighted by Gasteiger charge is 2.33. The topological polar surface area (TPSA) is 82.9 Å². The van der Waals surface area contributed by atoms with Crippen LogP contribution in [-0.2, 0) is 4.79 Å². The van der Waals surface area contributed by atoms with Crippen LogP contribution in [0.15, 0.2) is 53.7 Å². The Labute approximate surface area is 162 Å². The van der Waals surface area contributed by atoms with Crippen LogP contribution < -0.4 is 5.32 Å². The van der Waals surface area contributed by atoms with E-state index in [-0.39, 0.29) is 30.3 Å². The Kier molecular flexibility index (Phi) is 4.73. The number of fused-ring (bicyclic) bond motifs is 1. The van der Waals surface area contributed by atoms with Gasteiger partial charge in [-0.25, -0.2) is 0 Å². The van der Waals surface area contributed by atoms with Gasteiger partial charge in [0.05, 0.1) is 6.26 Å². The van der Waals surface area contributed by atoms with Gasteiger partial charge in [0.25, 0.3) is 11.8 Å². The Morgan fingerprint density at radius 2 is 1.82 bits per heavy atom. The van der Waals surface area contributed by atoms with Crippen molar-refractivity contribution in [3.8, 4) is 0 Å². The number of likely N-dealkylation sites (tertiary alicyclic amines) is 1. The fourth-order valence-corrected chi connectivity index (χ4v) is 3.70. The smallest absolute Gasteiger partial charge is 0.289 e.